The highest BCUT2D eigenvalue weighted by Crippen LogP contribution is 2.00. The SMILES string of the molecule is CCCNC(=O)NC(C)CCCC(=O)O. The van der Waals surface area contributed by atoms with Gasteiger partial charge in [-0.25, -0.2) is 4.79 Å². The number of rotatable bonds is 7. The Kier molecular flexibility index (Phi) is 7.40. The van der Waals surface area contributed by atoms with Crippen LogP contribution in [0.4, 0.5) is 4.79 Å². The first kappa shape index (κ1) is 13.7. The Bertz CT molecular complexity index is 207. The molecule has 0 aromatic heterocycles. The number of carboxylic acids is 1. The maximum absolute atomic E-state index is 11.2. The summed E-state index contributed by atoms with van der Waals surface area (Å²) >= 11 is 0. The third-order valence-corrected chi connectivity index (χ3v) is 1.94. The predicted molar refractivity (Wildman–Crippen MR) is 57.8 cm³/mol. The van der Waals surface area contributed by atoms with Crippen molar-refractivity contribution in [1.29, 1.82) is 0 Å². The molecule has 0 rings (SSSR count). The van der Waals surface area contributed by atoms with Crippen LogP contribution in [0.2, 0.25) is 0 Å². The first-order chi connectivity index (χ1) is 7.06. The third-order valence-electron chi connectivity index (χ3n) is 1.94. The highest BCUT2D eigenvalue weighted by molar-refractivity contribution is 5.74. The molecule has 0 aliphatic heterocycles. The second kappa shape index (κ2) is 8.08. The number of carbonyl (C=O) groups excluding carboxylic acids is 1. The molecule has 0 aliphatic rings. The quantitative estimate of drug-likeness (QED) is 0.601. The van der Waals surface area contributed by atoms with Gasteiger partial charge in [0.1, 0.15) is 0 Å². The van der Waals surface area contributed by atoms with Gasteiger partial charge in [-0.1, -0.05) is 6.92 Å². The van der Waals surface area contributed by atoms with E-state index in [0.29, 0.717) is 19.4 Å². The predicted octanol–water partition coefficient (Wildman–Crippen LogP) is 1.34. The van der Waals surface area contributed by atoms with Crippen molar-refractivity contribution in [3.63, 3.8) is 0 Å². The summed E-state index contributed by atoms with van der Waals surface area (Å²) in [6.07, 6.45) is 2.33. The average molecular weight is 216 g/mol. The van der Waals surface area contributed by atoms with Gasteiger partial charge in [0.2, 0.25) is 0 Å². The normalized spacial score (nSPS) is 11.9. The molecule has 0 aromatic carbocycles. The second-order valence-corrected chi connectivity index (χ2v) is 3.59. The zero-order valence-corrected chi connectivity index (χ0v) is 9.38. The number of aliphatic carboxylic acids is 1. The molecule has 1 unspecified atom stereocenters. The summed E-state index contributed by atoms with van der Waals surface area (Å²) in [4.78, 5) is 21.4. The van der Waals surface area contributed by atoms with Crippen LogP contribution in [0.3, 0.4) is 0 Å². The van der Waals surface area contributed by atoms with Crippen molar-refractivity contribution in [1.82, 2.24) is 10.6 Å². The van der Waals surface area contributed by atoms with Crippen LogP contribution >= 0.6 is 0 Å². The topological polar surface area (TPSA) is 78.4 Å². The smallest absolute Gasteiger partial charge is 0.314 e. The van der Waals surface area contributed by atoms with Gasteiger partial charge in [0.05, 0.1) is 0 Å². The molecule has 88 valence electrons. The summed E-state index contributed by atoms with van der Waals surface area (Å²) in [5.74, 6) is -0.794. The lowest BCUT2D eigenvalue weighted by Gasteiger charge is -2.13. The Labute approximate surface area is 90.2 Å². The number of amides is 2. The maximum atomic E-state index is 11.2. The van der Waals surface area contributed by atoms with E-state index in [4.69, 9.17) is 5.11 Å². The lowest BCUT2D eigenvalue weighted by atomic mass is 10.1. The van der Waals surface area contributed by atoms with Gasteiger partial charge in [-0.15, -0.1) is 0 Å². The molecule has 0 spiro atoms. The number of carbonyl (C=O) groups is 2. The van der Waals surface area contributed by atoms with E-state index in [9.17, 15) is 9.59 Å². The van der Waals surface area contributed by atoms with Crippen LogP contribution < -0.4 is 10.6 Å². The number of urea groups is 1. The van der Waals surface area contributed by atoms with E-state index in [0.717, 1.165) is 6.42 Å². The van der Waals surface area contributed by atoms with Crippen LogP contribution in [0.15, 0.2) is 0 Å². The highest BCUT2D eigenvalue weighted by Gasteiger charge is 2.06. The standard InChI is InChI=1S/C10H20N2O3/c1-3-7-11-10(15)12-8(2)5-4-6-9(13)14/h8H,3-7H2,1-2H3,(H,13,14)(H2,11,12,15). The number of hydrogen-bond donors (Lipinski definition) is 3. The lowest BCUT2D eigenvalue weighted by Crippen LogP contribution is -2.41. The summed E-state index contributed by atoms with van der Waals surface area (Å²) in [5, 5.41) is 13.9. The highest BCUT2D eigenvalue weighted by atomic mass is 16.4. The van der Waals surface area contributed by atoms with Crippen molar-refractivity contribution in [2.45, 2.75) is 45.6 Å². The maximum Gasteiger partial charge on any atom is 0.314 e. The van der Waals surface area contributed by atoms with Gasteiger partial charge in [0.15, 0.2) is 0 Å². The minimum atomic E-state index is -0.794. The van der Waals surface area contributed by atoms with E-state index in [2.05, 4.69) is 10.6 Å². The van der Waals surface area contributed by atoms with Crippen molar-refractivity contribution in [3.05, 3.63) is 0 Å². The Morgan fingerprint density at radius 2 is 2.07 bits per heavy atom. The summed E-state index contributed by atoms with van der Waals surface area (Å²) < 4.78 is 0. The molecule has 5 heteroatoms. The van der Waals surface area contributed by atoms with Crippen LogP contribution in [0.1, 0.15) is 39.5 Å². The molecule has 5 nitrogen and oxygen atoms in total. The monoisotopic (exact) mass is 216 g/mol. The Morgan fingerprint density at radius 1 is 1.40 bits per heavy atom. The fraction of sp³-hybridized carbons (Fsp3) is 0.800. The van der Waals surface area contributed by atoms with Gasteiger partial charge in [-0.05, 0) is 26.2 Å². The van der Waals surface area contributed by atoms with E-state index in [1.165, 1.54) is 0 Å². The summed E-state index contributed by atoms with van der Waals surface area (Å²) in [6.45, 7) is 4.51. The van der Waals surface area contributed by atoms with Crippen molar-refractivity contribution < 1.29 is 14.7 Å². The summed E-state index contributed by atoms with van der Waals surface area (Å²) in [7, 11) is 0. The third kappa shape index (κ3) is 9.05. The number of carboxylic acid groups (broad SMARTS) is 1. The molecule has 0 heterocycles. The Balaban J connectivity index is 3.50. The number of nitrogens with one attached hydrogen (secondary N) is 2. The van der Waals surface area contributed by atoms with Crippen LogP contribution in [0, 0.1) is 0 Å². The molecule has 15 heavy (non-hydrogen) atoms. The van der Waals surface area contributed by atoms with E-state index in [1.807, 2.05) is 13.8 Å². The van der Waals surface area contributed by atoms with Crippen LogP contribution in [-0.4, -0.2) is 29.7 Å². The van der Waals surface area contributed by atoms with Gasteiger partial charge >= 0.3 is 12.0 Å². The van der Waals surface area contributed by atoms with Gasteiger partial charge in [-0.2, -0.15) is 0 Å². The zero-order valence-electron chi connectivity index (χ0n) is 9.38. The van der Waals surface area contributed by atoms with Crippen molar-refractivity contribution in [2.24, 2.45) is 0 Å². The Hall–Kier alpha value is -1.26. The van der Waals surface area contributed by atoms with Crippen LogP contribution in [-0.2, 0) is 4.79 Å². The van der Waals surface area contributed by atoms with Gasteiger partial charge in [-0.3, -0.25) is 4.79 Å². The van der Waals surface area contributed by atoms with Crippen LogP contribution in [0.5, 0.6) is 0 Å². The average Bonchev–Trinajstić information content (AvgIpc) is 2.14. The Morgan fingerprint density at radius 3 is 2.60 bits per heavy atom. The molecule has 3 N–H and O–H groups in total. The first-order valence-corrected chi connectivity index (χ1v) is 5.32. The van der Waals surface area contributed by atoms with E-state index < -0.39 is 5.97 Å². The number of hydrogen-bond acceptors (Lipinski definition) is 2. The van der Waals surface area contributed by atoms with Crippen molar-refractivity contribution in [2.75, 3.05) is 6.54 Å². The fourth-order valence-corrected chi connectivity index (χ4v) is 1.14. The zero-order chi connectivity index (χ0) is 11.7. The van der Waals surface area contributed by atoms with Crippen molar-refractivity contribution in [3.8, 4) is 0 Å². The minimum Gasteiger partial charge on any atom is -0.481 e. The molecule has 1 atom stereocenters. The van der Waals surface area contributed by atoms with Gasteiger partial charge < -0.3 is 15.7 Å². The molecular weight excluding hydrogens is 196 g/mol. The van der Waals surface area contributed by atoms with E-state index >= 15 is 0 Å². The summed E-state index contributed by atoms with van der Waals surface area (Å²) in [6, 6.07) is -0.166. The molecule has 0 saturated heterocycles. The van der Waals surface area contributed by atoms with Crippen LogP contribution in [0.25, 0.3) is 0 Å². The lowest BCUT2D eigenvalue weighted by molar-refractivity contribution is -0.137. The second-order valence-electron chi connectivity index (χ2n) is 3.59. The molecule has 0 aliphatic carbocycles. The van der Waals surface area contributed by atoms with E-state index in [-0.39, 0.29) is 18.5 Å². The fourth-order valence-electron chi connectivity index (χ4n) is 1.14. The molecule has 0 bridgehead atoms. The van der Waals surface area contributed by atoms with E-state index in [1.54, 1.807) is 0 Å². The molecular formula is C10H20N2O3. The van der Waals surface area contributed by atoms with Crippen molar-refractivity contribution >= 4 is 12.0 Å². The first-order valence-electron chi connectivity index (χ1n) is 5.32. The molecule has 0 fully saturated rings. The minimum absolute atomic E-state index is 0.0150. The summed E-state index contributed by atoms with van der Waals surface area (Å²) in [5.41, 5.74) is 0. The molecule has 0 saturated carbocycles. The van der Waals surface area contributed by atoms with Gasteiger partial charge in [0, 0.05) is 19.0 Å². The molecule has 0 radical (unpaired) electrons. The van der Waals surface area contributed by atoms with Gasteiger partial charge in [0.25, 0.3) is 0 Å². The molecule has 0 aromatic rings. The molecule has 2 amide bonds. The largest absolute Gasteiger partial charge is 0.481 e.